The first-order valence-electron chi connectivity index (χ1n) is 7.36. The maximum absolute atomic E-state index is 14.4. The fourth-order valence-corrected chi connectivity index (χ4v) is 2.96. The minimum absolute atomic E-state index is 0.104. The molecule has 3 aromatic rings. The van der Waals surface area contributed by atoms with Gasteiger partial charge in [0.05, 0.1) is 27.1 Å². The van der Waals surface area contributed by atoms with E-state index in [0.717, 1.165) is 6.42 Å². The molecule has 0 radical (unpaired) electrons. The van der Waals surface area contributed by atoms with Crippen molar-refractivity contribution >= 4 is 38.5 Å². The van der Waals surface area contributed by atoms with Gasteiger partial charge in [-0.25, -0.2) is 4.39 Å². The molecule has 0 N–H and O–H groups in total. The number of halogens is 3. The van der Waals surface area contributed by atoms with E-state index in [1.165, 1.54) is 18.2 Å². The quantitative estimate of drug-likeness (QED) is 0.544. The number of ether oxygens (including phenoxy) is 1. The lowest BCUT2D eigenvalue weighted by molar-refractivity contribution is 0.315. The van der Waals surface area contributed by atoms with Crippen LogP contribution in [0.1, 0.15) is 13.3 Å². The zero-order chi connectivity index (χ0) is 17.3. The van der Waals surface area contributed by atoms with E-state index in [0.29, 0.717) is 27.2 Å². The third-order valence-corrected chi connectivity index (χ3v) is 4.37. The SMILES string of the molecule is CCCOc1cc(-c2cc(=O)c3cccc(Cl)c3o2)c(F)cc1Br. The highest BCUT2D eigenvalue weighted by Crippen LogP contribution is 2.35. The van der Waals surface area contributed by atoms with Gasteiger partial charge in [0.1, 0.15) is 17.3 Å². The van der Waals surface area contributed by atoms with Gasteiger partial charge in [-0.1, -0.05) is 24.6 Å². The first-order valence-corrected chi connectivity index (χ1v) is 8.53. The third-order valence-electron chi connectivity index (χ3n) is 3.46. The molecule has 124 valence electrons. The summed E-state index contributed by atoms with van der Waals surface area (Å²) in [6.07, 6.45) is 0.819. The van der Waals surface area contributed by atoms with Gasteiger partial charge in [0.15, 0.2) is 11.0 Å². The Labute approximate surface area is 151 Å². The molecule has 0 bridgehead atoms. The minimum Gasteiger partial charge on any atom is -0.492 e. The molecule has 0 saturated carbocycles. The number of para-hydroxylation sites is 1. The zero-order valence-electron chi connectivity index (χ0n) is 12.7. The Hall–Kier alpha value is -1.85. The Kier molecular flexibility index (Phi) is 4.92. The van der Waals surface area contributed by atoms with Crippen LogP contribution in [0.4, 0.5) is 4.39 Å². The minimum atomic E-state index is -0.528. The molecule has 2 aromatic carbocycles. The fraction of sp³-hybridized carbons (Fsp3) is 0.167. The van der Waals surface area contributed by atoms with Gasteiger partial charge in [0.2, 0.25) is 0 Å². The first-order chi connectivity index (χ1) is 11.5. The lowest BCUT2D eigenvalue weighted by Crippen LogP contribution is -2.02. The monoisotopic (exact) mass is 410 g/mol. The van der Waals surface area contributed by atoms with Crippen LogP contribution in [0.5, 0.6) is 5.75 Å². The first kappa shape index (κ1) is 17.0. The molecule has 1 aromatic heterocycles. The second kappa shape index (κ2) is 6.95. The molecule has 0 spiro atoms. The summed E-state index contributed by atoms with van der Waals surface area (Å²) in [5.41, 5.74) is 0.0929. The molecule has 0 amide bonds. The molecular weight excluding hydrogens is 399 g/mol. The molecule has 24 heavy (non-hydrogen) atoms. The summed E-state index contributed by atoms with van der Waals surface area (Å²) in [7, 11) is 0. The van der Waals surface area contributed by atoms with Crippen LogP contribution in [-0.4, -0.2) is 6.61 Å². The van der Waals surface area contributed by atoms with E-state index >= 15 is 0 Å². The van der Waals surface area contributed by atoms with Crippen LogP contribution in [0.2, 0.25) is 5.02 Å². The zero-order valence-corrected chi connectivity index (χ0v) is 15.1. The van der Waals surface area contributed by atoms with E-state index < -0.39 is 5.82 Å². The molecule has 0 aliphatic carbocycles. The summed E-state index contributed by atoms with van der Waals surface area (Å²) < 4.78 is 26.2. The molecule has 0 atom stereocenters. The molecule has 0 aliphatic heterocycles. The average molecular weight is 412 g/mol. The largest absolute Gasteiger partial charge is 0.492 e. The molecular formula is C18H13BrClFO3. The lowest BCUT2D eigenvalue weighted by atomic mass is 10.1. The average Bonchev–Trinajstić information content (AvgIpc) is 2.55. The molecule has 3 rings (SSSR count). The highest BCUT2D eigenvalue weighted by Gasteiger charge is 2.16. The fourth-order valence-electron chi connectivity index (χ4n) is 2.32. The van der Waals surface area contributed by atoms with E-state index in [2.05, 4.69) is 15.9 Å². The van der Waals surface area contributed by atoms with Gasteiger partial charge in [-0.3, -0.25) is 4.79 Å². The molecule has 0 unspecified atom stereocenters. The van der Waals surface area contributed by atoms with E-state index in [9.17, 15) is 9.18 Å². The summed E-state index contributed by atoms with van der Waals surface area (Å²) >= 11 is 9.37. The molecule has 0 aliphatic rings. The van der Waals surface area contributed by atoms with Gasteiger partial charge in [-0.2, -0.15) is 0 Å². The van der Waals surface area contributed by atoms with Crippen molar-refractivity contribution in [3.63, 3.8) is 0 Å². The molecule has 6 heteroatoms. The predicted molar refractivity (Wildman–Crippen MR) is 96.4 cm³/mol. The van der Waals surface area contributed by atoms with E-state index in [1.807, 2.05) is 6.92 Å². The summed E-state index contributed by atoms with van der Waals surface area (Å²) in [6, 6.07) is 8.95. The van der Waals surface area contributed by atoms with Crippen molar-refractivity contribution in [2.75, 3.05) is 6.61 Å². The van der Waals surface area contributed by atoms with Gasteiger partial charge >= 0.3 is 0 Å². The van der Waals surface area contributed by atoms with Gasteiger partial charge < -0.3 is 9.15 Å². The molecule has 0 saturated heterocycles. The van der Waals surface area contributed by atoms with Crippen molar-refractivity contribution in [1.29, 1.82) is 0 Å². The summed E-state index contributed by atoms with van der Waals surface area (Å²) in [5.74, 6) is 0.0578. The number of benzene rings is 2. The van der Waals surface area contributed by atoms with Crippen molar-refractivity contribution in [3.05, 3.63) is 61.9 Å². The Morgan fingerprint density at radius 2 is 2.08 bits per heavy atom. The standard InChI is InChI=1S/C18H13BrClFO3/c1-2-6-23-17-7-11(14(21)8-12(17)19)16-9-15(22)10-4-3-5-13(20)18(10)24-16/h3-5,7-9H,2,6H2,1H3. The van der Waals surface area contributed by atoms with Gasteiger partial charge in [-0.05, 0) is 46.6 Å². The van der Waals surface area contributed by atoms with Crippen LogP contribution in [0.3, 0.4) is 0 Å². The second-order valence-corrected chi connectivity index (χ2v) is 6.46. The van der Waals surface area contributed by atoms with E-state index in [-0.39, 0.29) is 22.3 Å². The Morgan fingerprint density at radius 3 is 2.83 bits per heavy atom. The summed E-state index contributed by atoms with van der Waals surface area (Å²) in [5, 5.41) is 0.651. The van der Waals surface area contributed by atoms with Crippen LogP contribution in [-0.2, 0) is 0 Å². The highest BCUT2D eigenvalue weighted by atomic mass is 79.9. The van der Waals surface area contributed by atoms with Crippen LogP contribution in [0, 0.1) is 5.82 Å². The Bertz CT molecular complexity index is 968. The lowest BCUT2D eigenvalue weighted by Gasteiger charge is -2.11. The number of hydrogen-bond donors (Lipinski definition) is 0. The normalized spacial score (nSPS) is 11.0. The smallest absolute Gasteiger partial charge is 0.193 e. The molecule has 3 nitrogen and oxygen atoms in total. The van der Waals surface area contributed by atoms with Crippen LogP contribution in [0.25, 0.3) is 22.3 Å². The van der Waals surface area contributed by atoms with E-state index in [4.69, 9.17) is 20.8 Å². The number of fused-ring (bicyclic) bond motifs is 1. The van der Waals surface area contributed by atoms with Crippen molar-refractivity contribution in [2.24, 2.45) is 0 Å². The van der Waals surface area contributed by atoms with Crippen LogP contribution < -0.4 is 10.2 Å². The van der Waals surface area contributed by atoms with Crippen molar-refractivity contribution in [2.45, 2.75) is 13.3 Å². The third kappa shape index (κ3) is 3.19. The van der Waals surface area contributed by atoms with Gasteiger partial charge in [0.25, 0.3) is 0 Å². The number of rotatable bonds is 4. The topological polar surface area (TPSA) is 39.4 Å². The maximum atomic E-state index is 14.4. The summed E-state index contributed by atoms with van der Waals surface area (Å²) in [4.78, 5) is 12.3. The predicted octanol–water partition coefficient (Wildman–Crippen LogP) is 5.80. The number of hydrogen-bond acceptors (Lipinski definition) is 3. The van der Waals surface area contributed by atoms with Crippen LogP contribution in [0.15, 0.2) is 50.1 Å². The van der Waals surface area contributed by atoms with Gasteiger partial charge in [0, 0.05) is 6.07 Å². The van der Waals surface area contributed by atoms with Crippen molar-refractivity contribution < 1.29 is 13.5 Å². The maximum Gasteiger partial charge on any atom is 0.193 e. The Balaban J connectivity index is 2.20. The molecule has 0 fully saturated rings. The highest BCUT2D eigenvalue weighted by molar-refractivity contribution is 9.10. The molecule has 1 heterocycles. The van der Waals surface area contributed by atoms with Crippen molar-refractivity contribution in [3.8, 4) is 17.1 Å². The summed E-state index contributed by atoms with van der Waals surface area (Å²) in [6.45, 7) is 2.47. The Morgan fingerprint density at radius 1 is 1.29 bits per heavy atom. The van der Waals surface area contributed by atoms with Gasteiger partial charge in [-0.15, -0.1) is 0 Å². The van der Waals surface area contributed by atoms with Crippen molar-refractivity contribution in [1.82, 2.24) is 0 Å². The second-order valence-electron chi connectivity index (χ2n) is 5.20. The van der Waals surface area contributed by atoms with E-state index in [1.54, 1.807) is 18.2 Å². The van der Waals surface area contributed by atoms with Crippen LogP contribution >= 0.6 is 27.5 Å².